The van der Waals surface area contributed by atoms with Crippen LogP contribution >= 0.6 is 11.8 Å². The van der Waals surface area contributed by atoms with Crippen molar-refractivity contribution >= 4 is 11.8 Å². The summed E-state index contributed by atoms with van der Waals surface area (Å²) in [4.78, 5) is 17.2. The Morgan fingerprint density at radius 2 is 1.61 bits per heavy atom. The Morgan fingerprint density at radius 3 is 2.22 bits per heavy atom. The Kier molecular flexibility index (Phi) is 4.25. The molecule has 94 valence electrons. The predicted molar refractivity (Wildman–Crippen MR) is 72.5 cm³/mol. The van der Waals surface area contributed by atoms with Crippen LogP contribution in [0, 0.1) is 6.92 Å². The van der Waals surface area contributed by atoms with Crippen LogP contribution in [0.5, 0.6) is 0 Å². The van der Waals surface area contributed by atoms with Gasteiger partial charge in [-0.25, -0.2) is 19.9 Å². The highest BCUT2D eigenvalue weighted by molar-refractivity contribution is 7.99. The minimum absolute atomic E-state index is 0.263. The van der Waals surface area contributed by atoms with E-state index in [1.165, 1.54) is 0 Å². The molecule has 2 rings (SSSR count). The highest BCUT2D eigenvalue weighted by atomic mass is 32.2. The Bertz CT molecular complexity index is 486. The van der Waals surface area contributed by atoms with E-state index < -0.39 is 0 Å². The molecule has 2 aromatic heterocycles. The predicted octanol–water partition coefficient (Wildman–Crippen LogP) is 2.86. The molecule has 18 heavy (non-hydrogen) atoms. The summed E-state index contributed by atoms with van der Waals surface area (Å²) in [5.74, 6) is 1.14. The molecule has 0 aliphatic carbocycles. The first-order chi connectivity index (χ1) is 8.66. The van der Waals surface area contributed by atoms with Gasteiger partial charge in [-0.15, -0.1) is 0 Å². The molecule has 0 amide bonds. The number of thioether (sulfide) groups is 1. The minimum atomic E-state index is 0.263. The van der Waals surface area contributed by atoms with Crippen LogP contribution in [0.4, 0.5) is 0 Å². The van der Waals surface area contributed by atoms with Crippen molar-refractivity contribution in [1.82, 2.24) is 19.9 Å². The van der Waals surface area contributed by atoms with Gasteiger partial charge < -0.3 is 0 Å². The van der Waals surface area contributed by atoms with Crippen LogP contribution in [0.3, 0.4) is 0 Å². The van der Waals surface area contributed by atoms with Crippen LogP contribution in [0.2, 0.25) is 0 Å². The Morgan fingerprint density at radius 1 is 1.00 bits per heavy atom. The van der Waals surface area contributed by atoms with Crippen molar-refractivity contribution in [3.63, 3.8) is 0 Å². The standard InChI is InChI=1S/C13H16N4S/c1-9-7-16-12(17-8-9)10(2)11(3)18-13-14-5-4-6-15-13/h4-8,10-11H,1-3H3. The van der Waals surface area contributed by atoms with Crippen molar-refractivity contribution in [2.24, 2.45) is 0 Å². The fourth-order valence-electron chi connectivity index (χ4n) is 1.46. The van der Waals surface area contributed by atoms with Crippen LogP contribution in [-0.4, -0.2) is 25.2 Å². The molecule has 2 atom stereocenters. The highest BCUT2D eigenvalue weighted by Gasteiger charge is 2.18. The summed E-state index contributed by atoms with van der Waals surface area (Å²) in [5, 5.41) is 1.12. The molecule has 0 aliphatic heterocycles. The lowest BCUT2D eigenvalue weighted by molar-refractivity contribution is 0.688. The van der Waals surface area contributed by atoms with Crippen LogP contribution in [-0.2, 0) is 0 Å². The van der Waals surface area contributed by atoms with E-state index in [1.54, 1.807) is 24.2 Å². The molecule has 4 nitrogen and oxygen atoms in total. The van der Waals surface area contributed by atoms with E-state index in [9.17, 15) is 0 Å². The molecule has 2 aromatic rings. The zero-order chi connectivity index (χ0) is 13.0. The van der Waals surface area contributed by atoms with Gasteiger partial charge in [-0.3, -0.25) is 0 Å². The molecule has 0 saturated heterocycles. The number of hydrogen-bond acceptors (Lipinski definition) is 5. The summed E-state index contributed by atoms with van der Waals surface area (Å²) in [6.45, 7) is 6.27. The molecule has 0 saturated carbocycles. The normalized spacial score (nSPS) is 14.2. The van der Waals surface area contributed by atoms with E-state index in [2.05, 4.69) is 33.8 Å². The Balaban J connectivity index is 2.05. The number of aryl methyl sites for hydroxylation is 1. The summed E-state index contributed by atoms with van der Waals surface area (Å²) in [7, 11) is 0. The zero-order valence-electron chi connectivity index (χ0n) is 10.7. The first-order valence-electron chi connectivity index (χ1n) is 5.89. The smallest absolute Gasteiger partial charge is 0.187 e. The molecule has 0 radical (unpaired) electrons. The van der Waals surface area contributed by atoms with Crippen molar-refractivity contribution in [2.45, 2.75) is 37.1 Å². The first kappa shape index (κ1) is 13.0. The average Bonchev–Trinajstić information content (AvgIpc) is 2.40. The molecule has 0 bridgehead atoms. The minimum Gasteiger partial charge on any atom is -0.241 e. The largest absolute Gasteiger partial charge is 0.241 e. The molecule has 2 unspecified atom stereocenters. The summed E-state index contributed by atoms with van der Waals surface area (Å²) >= 11 is 1.65. The van der Waals surface area contributed by atoms with Crippen molar-refractivity contribution in [2.75, 3.05) is 0 Å². The van der Waals surface area contributed by atoms with Gasteiger partial charge in [0.1, 0.15) is 5.82 Å². The molecular formula is C13H16N4S. The third kappa shape index (κ3) is 3.26. The molecule has 5 heteroatoms. The maximum atomic E-state index is 4.38. The fraction of sp³-hybridized carbons (Fsp3) is 0.385. The van der Waals surface area contributed by atoms with Gasteiger partial charge in [0.05, 0.1) is 0 Å². The maximum absolute atomic E-state index is 4.38. The Labute approximate surface area is 111 Å². The maximum Gasteiger partial charge on any atom is 0.187 e. The monoisotopic (exact) mass is 260 g/mol. The number of rotatable bonds is 4. The third-order valence-corrected chi connectivity index (χ3v) is 3.95. The molecule has 0 aromatic carbocycles. The van der Waals surface area contributed by atoms with Gasteiger partial charge in [0.15, 0.2) is 5.16 Å². The SMILES string of the molecule is Cc1cnc(C(C)C(C)Sc2ncccn2)nc1. The summed E-state index contributed by atoms with van der Waals surface area (Å²) in [5.41, 5.74) is 1.08. The highest BCUT2D eigenvalue weighted by Crippen LogP contribution is 2.29. The lowest BCUT2D eigenvalue weighted by Crippen LogP contribution is -2.12. The molecular weight excluding hydrogens is 244 g/mol. The van der Waals surface area contributed by atoms with Gasteiger partial charge in [0.2, 0.25) is 0 Å². The Hall–Kier alpha value is -1.49. The van der Waals surface area contributed by atoms with Crippen molar-refractivity contribution < 1.29 is 0 Å². The number of nitrogens with zero attached hydrogens (tertiary/aromatic N) is 4. The van der Waals surface area contributed by atoms with Gasteiger partial charge in [-0.05, 0) is 18.6 Å². The molecule has 0 spiro atoms. The molecule has 0 aliphatic rings. The second-order valence-corrected chi connectivity index (χ2v) is 5.61. The van der Waals surface area contributed by atoms with Gasteiger partial charge in [-0.2, -0.15) is 0 Å². The summed E-state index contributed by atoms with van der Waals surface area (Å²) in [6, 6.07) is 1.82. The zero-order valence-corrected chi connectivity index (χ0v) is 11.6. The fourth-order valence-corrected chi connectivity index (χ4v) is 2.36. The quantitative estimate of drug-likeness (QED) is 0.625. The van der Waals surface area contributed by atoms with E-state index in [1.807, 2.05) is 25.4 Å². The lowest BCUT2D eigenvalue weighted by Gasteiger charge is -2.17. The van der Waals surface area contributed by atoms with E-state index in [0.29, 0.717) is 5.25 Å². The topological polar surface area (TPSA) is 51.6 Å². The van der Waals surface area contributed by atoms with Gasteiger partial charge in [0, 0.05) is 36.0 Å². The van der Waals surface area contributed by atoms with E-state index in [4.69, 9.17) is 0 Å². The van der Waals surface area contributed by atoms with Gasteiger partial charge in [0.25, 0.3) is 0 Å². The molecule has 0 fully saturated rings. The second kappa shape index (κ2) is 5.91. The summed E-state index contributed by atoms with van der Waals surface area (Å²) < 4.78 is 0. The van der Waals surface area contributed by atoms with Crippen LogP contribution in [0.1, 0.15) is 31.2 Å². The van der Waals surface area contributed by atoms with Crippen LogP contribution in [0.15, 0.2) is 36.0 Å². The number of hydrogen-bond donors (Lipinski definition) is 0. The number of aromatic nitrogens is 4. The van der Waals surface area contributed by atoms with Crippen molar-refractivity contribution in [3.8, 4) is 0 Å². The van der Waals surface area contributed by atoms with Gasteiger partial charge >= 0.3 is 0 Å². The van der Waals surface area contributed by atoms with Crippen molar-refractivity contribution in [3.05, 3.63) is 42.2 Å². The van der Waals surface area contributed by atoms with E-state index in [0.717, 1.165) is 16.5 Å². The molecule has 0 N–H and O–H groups in total. The van der Waals surface area contributed by atoms with E-state index >= 15 is 0 Å². The van der Waals surface area contributed by atoms with E-state index in [-0.39, 0.29) is 5.92 Å². The second-order valence-electron chi connectivity index (χ2n) is 4.26. The van der Waals surface area contributed by atoms with Crippen LogP contribution in [0.25, 0.3) is 0 Å². The first-order valence-corrected chi connectivity index (χ1v) is 6.77. The van der Waals surface area contributed by atoms with Crippen molar-refractivity contribution in [1.29, 1.82) is 0 Å². The average molecular weight is 260 g/mol. The molecule has 2 heterocycles. The summed E-state index contributed by atoms with van der Waals surface area (Å²) in [6.07, 6.45) is 7.23. The van der Waals surface area contributed by atoms with Crippen LogP contribution < -0.4 is 0 Å². The van der Waals surface area contributed by atoms with Gasteiger partial charge in [-0.1, -0.05) is 25.6 Å². The third-order valence-electron chi connectivity index (χ3n) is 2.75. The lowest BCUT2D eigenvalue weighted by atomic mass is 10.1.